The molecule has 1 saturated heterocycles. The minimum Gasteiger partial charge on any atom is -0.333 e. The van der Waals surface area contributed by atoms with E-state index < -0.39 is 0 Å². The van der Waals surface area contributed by atoms with Crippen LogP contribution in [0.5, 0.6) is 0 Å². The molecule has 0 spiro atoms. The number of piperidine rings is 1. The van der Waals surface area contributed by atoms with E-state index in [2.05, 4.69) is 17.0 Å². The number of aromatic nitrogens is 4. The van der Waals surface area contributed by atoms with E-state index in [1.807, 2.05) is 11.8 Å². The number of carbonyl (C=O) groups is 1. The Morgan fingerprint density at radius 1 is 1.20 bits per heavy atom. The van der Waals surface area contributed by atoms with Crippen LogP contribution in [0.15, 0.2) is 0 Å². The molecular formula is C18H21N5OS. The van der Waals surface area contributed by atoms with E-state index in [4.69, 9.17) is 4.98 Å². The van der Waals surface area contributed by atoms with Gasteiger partial charge < -0.3 is 4.90 Å². The highest BCUT2D eigenvalue weighted by Gasteiger charge is 2.29. The van der Waals surface area contributed by atoms with Gasteiger partial charge in [0.2, 0.25) is 5.82 Å². The quantitative estimate of drug-likeness (QED) is 0.673. The summed E-state index contributed by atoms with van der Waals surface area (Å²) in [5.74, 6) is 1.06. The van der Waals surface area contributed by atoms with Gasteiger partial charge in [-0.25, -0.2) is 9.97 Å². The minimum atomic E-state index is -0.0460. The number of thiophene rings is 1. The Kier molecular flexibility index (Phi) is 3.35. The molecule has 6 nitrogen and oxygen atoms in total. The normalized spacial score (nSPS) is 20.6. The van der Waals surface area contributed by atoms with E-state index in [-0.39, 0.29) is 11.9 Å². The fourth-order valence-corrected chi connectivity index (χ4v) is 5.51. The molecule has 1 aliphatic heterocycles. The van der Waals surface area contributed by atoms with Crippen molar-refractivity contribution in [2.45, 2.75) is 58.4 Å². The molecule has 1 amide bonds. The third kappa shape index (κ3) is 2.21. The van der Waals surface area contributed by atoms with Gasteiger partial charge in [-0.1, -0.05) is 0 Å². The summed E-state index contributed by atoms with van der Waals surface area (Å²) < 4.78 is 1.76. The number of nitrogens with zero attached hydrogens (tertiary/aromatic N) is 5. The van der Waals surface area contributed by atoms with E-state index >= 15 is 0 Å². The molecule has 5 rings (SSSR count). The van der Waals surface area contributed by atoms with Crippen molar-refractivity contribution < 1.29 is 4.79 Å². The Bertz CT molecular complexity index is 1000. The second-order valence-electron chi connectivity index (χ2n) is 7.21. The third-order valence-electron chi connectivity index (χ3n) is 5.56. The monoisotopic (exact) mass is 355 g/mol. The van der Waals surface area contributed by atoms with Crippen LogP contribution in [0.25, 0.3) is 15.9 Å². The predicted octanol–water partition coefficient (Wildman–Crippen LogP) is 3.15. The zero-order chi connectivity index (χ0) is 17.1. The molecule has 2 aliphatic rings. The topological polar surface area (TPSA) is 63.4 Å². The van der Waals surface area contributed by atoms with Crippen molar-refractivity contribution in [2.24, 2.45) is 0 Å². The summed E-state index contributed by atoms with van der Waals surface area (Å²) in [6.45, 7) is 4.85. The average Bonchev–Trinajstić information content (AvgIpc) is 3.28. The first-order valence-corrected chi connectivity index (χ1v) is 9.93. The van der Waals surface area contributed by atoms with Gasteiger partial charge in [0.05, 0.1) is 5.39 Å². The second-order valence-corrected chi connectivity index (χ2v) is 8.29. The molecule has 1 atom stereocenters. The molecule has 130 valence electrons. The smallest absolute Gasteiger partial charge is 0.293 e. The lowest BCUT2D eigenvalue weighted by Crippen LogP contribution is -2.42. The number of amides is 1. The number of carbonyl (C=O) groups excluding carboxylic acids is 1. The Morgan fingerprint density at radius 3 is 2.92 bits per heavy atom. The number of aryl methyl sites for hydroxylation is 3. The first-order chi connectivity index (χ1) is 12.1. The first kappa shape index (κ1) is 15.3. The van der Waals surface area contributed by atoms with Crippen molar-refractivity contribution in [3.05, 3.63) is 22.1 Å². The molecule has 3 aromatic heterocycles. The molecule has 3 aromatic rings. The lowest BCUT2D eigenvalue weighted by molar-refractivity contribution is 0.0623. The maximum absolute atomic E-state index is 13.0. The van der Waals surface area contributed by atoms with Crippen LogP contribution in [-0.2, 0) is 12.8 Å². The Labute approximate surface area is 149 Å². The zero-order valence-corrected chi connectivity index (χ0v) is 15.4. The van der Waals surface area contributed by atoms with Gasteiger partial charge in [0.15, 0.2) is 5.65 Å². The van der Waals surface area contributed by atoms with Gasteiger partial charge in [0.1, 0.15) is 10.7 Å². The summed E-state index contributed by atoms with van der Waals surface area (Å²) in [4.78, 5) is 26.8. The summed E-state index contributed by atoms with van der Waals surface area (Å²) in [5.41, 5.74) is 2.17. The van der Waals surface area contributed by atoms with E-state index in [1.54, 1.807) is 15.9 Å². The van der Waals surface area contributed by atoms with Crippen molar-refractivity contribution in [3.8, 4) is 0 Å². The zero-order valence-electron chi connectivity index (χ0n) is 14.6. The van der Waals surface area contributed by atoms with Crippen LogP contribution in [0.4, 0.5) is 0 Å². The van der Waals surface area contributed by atoms with Gasteiger partial charge in [-0.2, -0.15) is 4.52 Å². The van der Waals surface area contributed by atoms with Crippen LogP contribution in [0.2, 0.25) is 0 Å². The van der Waals surface area contributed by atoms with Gasteiger partial charge in [-0.05, 0) is 57.9 Å². The van der Waals surface area contributed by atoms with Crippen molar-refractivity contribution in [1.29, 1.82) is 0 Å². The largest absolute Gasteiger partial charge is 0.333 e. The first-order valence-electron chi connectivity index (χ1n) is 9.12. The lowest BCUT2D eigenvalue weighted by atomic mass is 10.0. The average molecular weight is 355 g/mol. The highest BCUT2D eigenvalue weighted by Crippen LogP contribution is 2.38. The molecule has 0 radical (unpaired) electrons. The van der Waals surface area contributed by atoms with Gasteiger partial charge in [-0.3, -0.25) is 4.79 Å². The Hall–Kier alpha value is -2.02. The van der Waals surface area contributed by atoms with E-state index in [9.17, 15) is 4.79 Å². The molecule has 0 bridgehead atoms. The van der Waals surface area contributed by atoms with Gasteiger partial charge in [0.25, 0.3) is 5.91 Å². The number of fused-ring (bicyclic) bond motifs is 5. The van der Waals surface area contributed by atoms with Crippen LogP contribution in [0, 0.1) is 6.92 Å². The lowest BCUT2D eigenvalue weighted by Gasteiger charge is -2.32. The van der Waals surface area contributed by atoms with E-state index in [0.717, 1.165) is 53.9 Å². The van der Waals surface area contributed by atoms with E-state index in [1.165, 1.54) is 23.3 Å². The second kappa shape index (κ2) is 5.49. The van der Waals surface area contributed by atoms with Crippen molar-refractivity contribution in [3.63, 3.8) is 0 Å². The summed E-state index contributed by atoms with van der Waals surface area (Å²) in [5, 5.41) is 5.65. The number of likely N-dealkylation sites (tertiary alicyclic amines) is 1. The number of hydrogen-bond donors (Lipinski definition) is 0. The highest BCUT2D eigenvalue weighted by atomic mass is 32.1. The summed E-state index contributed by atoms with van der Waals surface area (Å²) in [7, 11) is 0. The van der Waals surface area contributed by atoms with Gasteiger partial charge in [-0.15, -0.1) is 16.4 Å². The van der Waals surface area contributed by atoms with Crippen molar-refractivity contribution in [2.75, 3.05) is 6.54 Å². The molecule has 1 fully saturated rings. The van der Waals surface area contributed by atoms with Crippen molar-refractivity contribution in [1.82, 2.24) is 24.5 Å². The number of rotatable bonds is 1. The van der Waals surface area contributed by atoms with E-state index in [0.29, 0.717) is 5.82 Å². The number of hydrogen-bond acceptors (Lipinski definition) is 5. The van der Waals surface area contributed by atoms with Crippen LogP contribution in [-0.4, -0.2) is 43.0 Å². The minimum absolute atomic E-state index is 0.0460. The molecule has 7 heteroatoms. The fourth-order valence-electron chi connectivity index (χ4n) is 4.21. The molecule has 4 heterocycles. The summed E-state index contributed by atoms with van der Waals surface area (Å²) in [6.07, 6.45) is 6.71. The van der Waals surface area contributed by atoms with Gasteiger partial charge in [0, 0.05) is 17.5 Å². The van der Waals surface area contributed by atoms with Crippen LogP contribution in [0.3, 0.4) is 0 Å². The molecule has 0 saturated carbocycles. The standard InChI is InChI=1S/C18H21N5OS/c1-10-6-3-4-9-22(10)18(24)15-20-16-14-12-7-5-8-13(12)25-17(14)19-11(2)23(16)21-15/h10H,3-9H2,1-2H3/t10-/m1/s1. The Morgan fingerprint density at radius 2 is 2.08 bits per heavy atom. The molecule has 0 aromatic carbocycles. The molecule has 1 aliphatic carbocycles. The SMILES string of the molecule is Cc1nc2sc3c(c2c2nc(C(=O)N4CCCC[C@H]4C)nn12)CCC3. The molecule has 25 heavy (non-hydrogen) atoms. The molecule has 0 unspecified atom stereocenters. The van der Waals surface area contributed by atoms with Crippen LogP contribution in [0.1, 0.15) is 59.5 Å². The van der Waals surface area contributed by atoms with Crippen LogP contribution >= 0.6 is 11.3 Å². The summed E-state index contributed by atoms with van der Waals surface area (Å²) >= 11 is 1.77. The maximum atomic E-state index is 13.0. The Balaban J connectivity index is 1.67. The van der Waals surface area contributed by atoms with Gasteiger partial charge >= 0.3 is 0 Å². The third-order valence-corrected chi connectivity index (χ3v) is 6.74. The fraction of sp³-hybridized carbons (Fsp3) is 0.556. The maximum Gasteiger partial charge on any atom is 0.293 e. The molecule has 0 N–H and O–H groups in total. The molecular weight excluding hydrogens is 334 g/mol. The van der Waals surface area contributed by atoms with Crippen LogP contribution < -0.4 is 0 Å². The summed E-state index contributed by atoms with van der Waals surface area (Å²) in [6, 6.07) is 0.262. The van der Waals surface area contributed by atoms with Crippen molar-refractivity contribution >= 4 is 33.1 Å². The predicted molar refractivity (Wildman–Crippen MR) is 97.3 cm³/mol. The highest BCUT2D eigenvalue weighted by molar-refractivity contribution is 7.19.